The summed E-state index contributed by atoms with van der Waals surface area (Å²) in [6, 6.07) is 17.7. The van der Waals surface area contributed by atoms with E-state index in [9.17, 15) is 4.57 Å². The van der Waals surface area contributed by atoms with Crippen molar-refractivity contribution in [3.05, 3.63) is 60.2 Å². The highest BCUT2D eigenvalue weighted by Crippen LogP contribution is 2.54. The minimum absolute atomic E-state index is 0.326. The van der Waals surface area contributed by atoms with Gasteiger partial charge in [0.1, 0.15) is 11.5 Å². The molecule has 0 bridgehead atoms. The molecule has 0 fully saturated rings. The molecule has 5 nitrogen and oxygen atoms in total. The largest absolute Gasteiger partial charge is 0.495 e. The summed E-state index contributed by atoms with van der Waals surface area (Å²) < 4.78 is 30.0. The summed E-state index contributed by atoms with van der Waals surface area (Å²) in [5.74, 6) is 0.218. The second-order valence-corrected chi connectivity index (χ2v) is 7.98. The Morgan fingerprint density at radius 3 is 2.19 bits per heavy atom. The molecule has 0 saturated carbocycles. The van der Waals surface area contributed by atoms with Crippen LogP contribution in [0, 0.1) is 0 Å². The van der Waals surface area contributed by atoms with E-state index in [0.29, 0.717) is 25.4 Å². The third-order valence-electron chi connectivity index (χ3n) is 3.98. The first-order chi connectivity index (χ1) is 12.6. The lowest BCUT2D eigenvalue weighted by atomic mass is 10.1. The van der Waals surface area contributed by atoms with E-state index in [1.807, 2.05) is 56.3 Å². The standard InChI is InChI=1S/C20H28NO4P/c1-4-24-26(22,25-5-2)20(16-15-17-11-7-6-8-12-17)21-18-13-9-10-14-19(18)23-3/h6-14,20-21H,4-5,15-16H2,1-3H3. The van der Waals surface area contributed by atoms with Crippen LogP contribution in [0.4, 0.5) is 5.69 Å². The van der Waals surface area contributed by atoms with Gasteiger partial charge in [0.05, 0.1) is 26.0 Å². The maximum absolute atomic E-state index is 13.4. The zero-order chi connectivity index (χ0) is 18.8. The van der Waals surface area contributed by atoms with Gasteiger partial charge in [-0.1, -0.05) is 42.5 Å². The van der Waals surface area contributed by atoms with Crippen LogP contribution in [0.25, 0.3) is 0 Å². The molecule has 2 rings (SSSR count). The van der Waals surface area contributed by atoms with E-state index in [-0.39, 0.29) is 0 Å². The van der Waals surface area contributed by atoms with Crippen molar-refractivity contribution in [2.24, 2.45) is 0 Å². The van der Waals surface area contributed by atoms with Crippen LogP contribution in [0.15, 0.2) is 54.6 Å². The first-order valence-electron chi connectivity index (χ1n) is 8.95. The van der Waals surface area contributed by atoms with Gasteiger partial charge in [-0.15, -0.1) is 0 Å². The lowest BCUT2D eigenvalue weighted by molar-refractivity contribution is 0.213. The molecule has 2 aromatic rings. The number of anilines is 1. The zero-order valence-corrected chi connectivity index (χ0v) is 16.6. The highest BCUT2D eigenvalue weighted by Gasteiger charge is 2.35. The van der Waals surface area contributed by atoms with E-state index in [2.05, 4.69) is 17.4 Å². The molecule has 0 saturated heterocycles. The van der Waals surface area contributed by atoms with Gasteiger partial charge >= 0.3 is 7.60 Å². The fourth-order valence-corrected chi connectivity index (χ4v) is 4.67. The Labute approximate surface area is 156 Å². The van der Waals surface area contributed by atoms with E-state index in [4.69, 9.17) is 13.8 Å². The van der Waals surface area contributed by atoms with Crippen LogP contribution in [-0.2, 0) is 20.0 Å². The summed E-state index contributed by atoms with van der Waals surface area (Å²) in [5.41, 5.74) is 1.95. The van der Waals surface area contributed by atoms with Gasteiger partial charge in [-0.25, -0.2) is 0 Å². The quantitative estimate of drug-likeness (QED) is 0.536. The molecular weight excluding hydrogens is 349 g/mol. The Morgan fingerprint density at radius 2 is 1.58 bits per heavy atom. The third kappa shape index (κ3) is 5.60. The molecule has 0 heterocycles. The van der Waals surface area contributed by atoms with Gasteiger partial charge in [0.2, 0.25) is 0 Å². The summed E-state index contributed by atoms with van der Waals surface area (Å²) in [6.07, 6.45) is 1.37. The number of methoxy groups -OCH3 is 1. The smallest absolute Gasteiger partial charge is 0.352 e. The summed E-state index contributed by atoms with van der Waals surface area (Å²) in [6.45, 7) is 4.30. The molecule has 1 atom stereocenters. The summed E-state index contributed by atoms with van der Waals surface area (Å²) in [5, 5.41) is 3.34. The van der Waals surface area contributed by atoms with E-state index >= 15 is 0 Å². The van der Waals surface area contributed by atoms with Crippen molar-refractivity contribution in [2.75, 3.05) is 25.6 Å². The fraction of sp³-hybridized carbons (Fsp3) is 0.400. The van der Waals surface area contributed by atoms with Crippen LogP contribution in [-0.4, -0.2) is 26.1 Å². The lowest BCUT2D eigenvalue weighted by Gasteiger charge is -2.28. The molecule has 26 heavy (non-hydrogen) atoms. The van der Waals surface area contributed by atoms with E-state index in [1.165, 1.54) is 5.56 Å². The predicted molar refractivity (Wildman–Crippen MR) is 106 cm³/mol. The molecule has 0 radical (unpaired) electrons. The maximum Gasteiger partial charge on any atom is 0.352 e. The van der Waals surface area contributed by atoms with Crippen LogP contribution < -0.4 is 10.1 Å². The maximum atomic E-state index is 13.4. The average Bonchev–Trinajstić information content (AvgIpc) is 2.66. The van der Waals surface area contributed by atoms with Crippen molar-refractivity contribution in [2.45, 2.75) is 32.5 Å². The molecule has 0 amide bonds. The van der Waals surface area contributed by atoms with Crippen molar-refractivity contribution in [3.8, 4) is 5.75 Å². The third-order valence-corrected chi connectivity index (χ3v) is 6.37. The molecule has 2 aromatic carbocycles. The average molecular weight is 377 g/mol. The lowest BCUT2D eigenvalue weighted by Crippen LogP contribution is -2.24. The highest BCUT2D eigenvalue weighted by atomic mass is 31.2. The number of hydrogen-bond acceptors (Lipinski definition) is 5. The Hall–Kier alpha value is -1.81. The number of hydrogen-bond donors (Lipinski definition) is 1. The number of nitrogens with one attached hydrogen (secondary N) is 1. The minimum atomic E-state index is -3.33. The van der Waals surface area contributed by atoms with Crippen LogP contribution in [0.1, 0.15) is 25.8 Å². The van der Waals surface area contributed by atoms with Crippen molar-refractivity contribution in [1.82, 2.24) is 0 Å². The van der Waals surface area contributed by atoms with Crippen LogP contribution >= 0.6 is 7.60 Å². The van der Waals surface area contributed by atoms with Crippen LogP contribution in [0.5, 0.6) is 5.75 Å². The van der Waals surface area contributed by atoms with Gasteiger partial charge in [0.25, 0.3) is 0 Å². The number of para-hydroxylation sites is 2. The van der Waals surface area contributed by atoms with Gasteiger partial charge in [-0.3, -0.25) is 4.57 Å². The Morgan fingerprint density at radius 1 is 0.962 bits per heavy atom. The van der Waals surface area contributed by atoms with E-state index in [0.717, 1.165) is 12.1 Å². The van der Waals surface area contributed by atoms with Crippen LogP contribution in [0.2, 0.25) is 0 Å². The Balaban J connectivity index is 2.26. The topological polar surface area (TPSA) is 56.8 Å². The molecule has 0 aromatic heterocycles. The molecular formula is C20H28NO4P. The van der Waals surface area contributed by atoms with Gasteiger partial charge in [-0.2, -0.15) is 0 Å². The summed E-state index contributed by atoms with van der Waals surface area (Å²) in [4.78, 5) is 0. The predicted octanol–water partition coefficient (Wildman–Crippen LogP) is 5.33. The van der Waals surface area contributed by atoms with Crippen molar-refractivity contribution in [1.29, 1.82) is 0 Å². The van der Waals surface area contributed by atoms with Crippen molar-refractivity contribution >= 4 is 13.3 Å². The van der Waals surface area contributed by atoms with Gasteiger partial charge < -0.3 is 19.1 Å². The molecule has 6 heteroatoms. The summed E-state index contributed by atoms with van der Waals surface area (Å²) in [7, 11) is -1.71. The molecule has 1 N–H and O–H groups in total. The molecule has 1 unspecified atom stereocenters. The molecule has 0 aliphatic rings. The Kier molecular flexibility index (Phi) is 8.17. The number of aryl methyl sites for hydroxylation is 1. The SMILES string of the molecule is CCOP(=O)(OCC)C(CCc1ccccc1)Nc1ccccc1OC. The molecule has 0 spiro atoms. The Bertz CT molecular complexity index is 698. The highest BCUT2D eigenvalue weighted by molar-refractivity contribution is 7.54. The number of ether oxygens (including phenoxy) is 1. The van der Waals surface area contributed by atoms with Crippen LogP contribution in [0.3, 0.4) is 0 Å². The molecule has 0 aliphatic carbocycles. The zero-order valence-electron chi connectivity index (χ0n) is 15.7. The molecule has 0 aliphatic heterocycles. The van der Waals surface area contributed by atoms with Gasteiger partial charge in [-0.05, 0) is 44.4 Å². The van der Waals surface area contributed by atoms with Crippen molar-refractivity contribution in [3.63, 3.8) is 0 Å². The van der Waals surface area contributed by atoms with E-state index in [1.54, 1.807) is 7.11 Å². The first kappa shape index (κ1) is 20.5. The number of rotatable bonds is 11. The monoisotopic (exact) mass is 377 g/mol. The molecule has 142 valence electrons. The summed E-state index contributed by atoms with van der Waals surface area (Å²) >= 11 is 0. The second kappa shape index (κ2) is 10.4. The van der Waals surface area contributed by atoms with Gasteiger partial charge in [0.15, 0.2) is 0 Å². The van der Waals surface area contributed by atoms with Crippen molar-refractivity contribution < 1.29 is 18.3 Å². The normalized spacial score (nSPS) is 12.6. The van der Waals surface area contributed by atoms with E-state index < -0.39 is 13.4 Å². The fourth-order valence-electron chi connectivity index (χ4n) is 2.78. The van der Waals surface area contributed by atoms with Gasteiger partial charge in [0, 0.05) is 0 Å². The first-order valence-corrected chi connectivity index (χ1v) is 10.6. The number of benzene rings is 2. The minimum Gasteiger partial charge on any atom is -0.495 e. The second-order valence-electron chi connectivity index (χ2n) is 5.76.